The lowest BCUT2D eigenvalue weighted by atomic mass is 10.1. The van der Waals surface area contributed by atoms with Gasteiger partial charge in [0.25, 0.3) is 5.56 Å². The number of nitrogens with zero attached hydrogens (tertiary/aromatic N) is 4. The third kappa shape index (κ3) is 2.73. The van der Waals surface area contributed by atoms with Crippen LogP contribution >= 0.6 is 11.3 Å². The average Bonchev–Trinajstić information content (AvgIpc) is 3.00. The Bertz CT molecular complexity index is 890. The van der Waals surface area contributed by atoms with Crippen molar-refractivity contribution in [3.63, 3.8) is 0 Å². The predicted octanol–water partition coefficient (Wildman–Crippen LogP) is 2.04. The predicted molar refractivity (Wildman–Crippen MR) is 90.2 cm³/mol. The van der Waals surface area contributed by atoms with Gasteiger partial charge in [0.05, 0.1) is 18.4 Å². The van der Waals surface area contributed by atoms with Crippen molar-refractivity contribution >= 4 is 21.4 Å². The molecule has 1 aliphatic heterocycles. The van der Waals surface area contributed by atoms with E-state index in [9.17, 15) is 4.79 Å². The van der Waals surface area contributed by atoms with E-state index in [1.165, 1.54) is 21.9 Å². The van der Waals surface area contributed by atoms with Crippen molar-refractivity contribution in [3.05, 3.63) is 46.8 Å². The molecule has 0 N–H and O–H groups in total. The number of aromatic nitrogens is 3. The molecule has 6 nitrogen and oxygen atoms in total. The number of hydrogen-bond donors (Lipinski definition) is 0. The summed E-state index contributed by atoms with van der Waals surface area (Å²) in [6.45, 7) is 4.27. The van der Waals surface area contributed by atoms with Crippen molar-refractivity contribution in [2.24, 2.45) is 0 Å². The van der Waals surface area contributed by atoms with Crippen molar-refractivity contribution in [2.75, 3.05) is 24.6 Å². The highest BCUT2D eigenvalue weighted by atomic mass is 32.1. The topological polar surface area (TPSA) is 59.7 Å². The molecule has 1 aromatic carbocycles. The van der Waals surface area contributed by atoms with Gasteiger partial charge < -0.3 is 9.64 Å². The average molecular weight is 328 g/mol. The van der Waals surface area contributed by atoms with Gasteiger partial charge in [-0.15, -0.1) is 5.10 Å². The number of fused-ring (bicyclic) bond motifs is 1. The van der Waals surface area contributed by atoms with Crippen molar-refractivity contribution in [2.45, 2.75) is 13.0 Å². The summed E-state index contributed by atoms with van der Waals surface area (Å²) < 4.78 is 6.94. The molecular weight excluding hydrogens is 312 g/mol. The Balaban J connectivity index is 1.77. The second kappa shape index (κ2) is 5.75. The first-order valence-corrected chi connectivity index (χ1v) is 8.35. The lowest BCUT2D eigenvalue weighted by Crippen LogP contribution is -2.41. The molecule has 1 saturated heterocycles. The van der Waals surface area contributed by atoms with E-state index in [1.54, 1.807) is 0 Å². The highest BCUT2D eigenvalue weighted by Crippen LogP contribution is 2.25. The van der Waals surface area contributed by atoms with Crippen LogP contribution < -0.4 is 10.5 Å². The maximum absolute atomic E-state index is 12.4. The maximum Gasteiger partial charge on any atom is 0.275 e. The van der Waals surface area contributed by atoms with Gasteiger partial charge in [0.15, 0.2) is 0 Å². The van der Waals surface area contributed by atoms with Gasteiger partial charge in [0.2, 0.25) is 10.1 Å². The molecule has 0 aliphatic carbocycles. The van der Waals surface area contributed by atoms with Crippen LogP contribution in [-0.4, -0.2) is 40.4 Å². The third-order valence-corrected chi connectivity index (χ3v) is 4.78. The fraction of sp³-hybridized carbons (Fsp3) is 0.312. The molecule has 3 heterocycles. The number of morpholine rings is 1. The Kier molecular flexibility index (Phi) is 3.59. The van der Waals surface area contributed by atoms with Crippen molar-refractivity contribution in [1.29, 1.82) is 0 Å². The fourth-order valence-corrected chi connectivity index (χ4v) is 3.62. The Hall–Kier alpha value is -2.25. The van der Waals surface area contributed by atoms with Crippen LogP contribution in [0.15, 0.2) is 41.2 Å². The van der Waals surface area contributed by atoms with Gasteiger partial charge in [-0.1, -0.05) is 41.7 Å². The number of ether oxygens (including phenoxy) is 1. The summed E-state index contributed by atoms with van der Waals surface area (Å²) in [7, 11) is 0. The van der Waals surface area contributed by atoms with Gasteiger partial charge in [-0.2, -0.15) is 4.52 Å². The van der Waals surface area contributed by atoms with E-state index >= 15 is 0 Å². The van der Waals surface area contributed by atoms with Crippen LogP contribution in [0.2, 0.25) is 0 Å². The van der Waals surface area contributed by atoms with Crippen LogP contribution in [0.5, 0.6) is 0 Å². The highest BCUT2D eigenvalue weighted by Gasteiger charge is 2.21. The molecule has 0 bridgehead atoms. The summed E-state index contributed by atoms with van der Waals surface area (Å²) in [4.78, 5) is 19.7. The number of hydrogen-bond acceptors (Lipinski definition) is 6. The van der Waals surface area contributed by atoms with E-state index in [2.05, 4.69) is 15.0 Å². The largest absolute Gasteiger partial charge is 0.375 e. The van der Waals surface area contributed by atoms with Crippen LogP contribution in [0.1, 0.15) is 6.92 Å². The number of anilines is 1. The molecule has 0 unspecified atom stereocenters. The minimum absolute atomic E-state index is 0.155. The number of rotatable bonds is 2. The van der Waals surface area contributed by atoms with Gasteiger partial charge >= 0.3 is 0 Å². The summed E-state index contributed by atoms with van der Waals surface area (Å²) in [6, 6.07) is 11.2. The molecule has 0 saturated carbocycles. The van der Waals surface area contributed by atoms with Gasteiger partial charge in [0, 0.05) is 24.7 Å². The van der Waals surface area contributed by atoms with Crippen LogP contribution in [0.3, 0.4) is 0 Å². The first-order chi connectivity index (χ1) is 11.2. The molecule has 118 valence electrons. The highest BCUT2D eigenvalue weighted by molar-refractivity contribution is 7.20. The van der Waals surface area contributed by atoms with Crippen LogP contribution in [0, 0.1) is 0 Å². The Labute approximate surface area is 137 Å². The molecule has 1 fully saturated rings. The first kappa shape index (κ1) is 14.3. The minimum Gasteiger partial charge on any atom is -0.375 e. The van der Waals surface area contributed by atoms with Crippen molar-refractivity contribution in [1.82, 2.24) is 14.6 Å². The summed E-state index contributed by atoms with van der Waals surface area (Å²) in [5.74, 6) is 0. The molecule has 0 amide bonds. The quantitative estimate of drug-likeness (QED) is 0.720. The molecule has 7 heteroatoms. The molecule has 0 radical (unpaired) electrons. The van der Waals surface area contributed by atoms with E-state index < -0.39 is 0 Å². The third-order valence-electron chi connectivity index (χ3n) is 3.82. The molecule has 23 heavy (non-hydrogen) atoms. The molecule has 1 atom stereocenters. The number of benzene rings is 1. The van der Waals surface area contributed by atoms with Crippen LogP contribution in [0.4, 0.5) is 5.13 Å². The lowest BCUT2D eigenvalue weighted by molar-refractivity contribution is 0.0531. The fourth-order valence-electron chi connectivity index (χ4n) is 2.68. The van der Waals surface area contributed by atoms with Gasteiger partial charge in [-0.05, 0) is 6.92 Å². The van der Waals surface area contributed by atoms with E-state index in [1.807, 2.05) is 37.3 Å². The minimum atomic E-state index is -0.155. The normalized spacial score (nSPS) is 18.5. The SMILES string of the molecule is C[C@H]1CN(c2nn3c(=O)cc(-c4ccccc4)nc3s2)CCO1. The lowest BCUT2D eigenvalue weighted by Gasteiger charge is -2.30. The Morgan fingerprint density at radius 2 is 2.13 bits per heavy atom. The maximum atomic E-state index is 12.4. The molecule has 0 spiro atoms. The zero-order valence-corrected chi connectivity index (χ0v) is 13.5. The van der Waals surface area contributed by atoms with Crippen LogP contribution in [-0.2, 0) is 4.74 Å². The smallest absolute Gasteiger partial charge is 0.275 e. The van der Waals surface area contributed by atoms with E-state index in [0.29, 0.717) is 17.3 Å². The monoisotopic (exact) mass is 328 g/mol. The summed E-state index contributed by atoms with van der Waals surface area (Å²) in [5.41, 5.74) is 1.46. The zero-order chi connectivity index (χ0) is 15.8. The van der Waals surface area contributed by atoms with Crippen LogP contribution in [0.25, 0.3) is 16.2 Å². The first-order valence-electron chi connectivity index (χ1n) is 7.53. The van der Waals surface area contributed by atoms with Gasteiger partial charge in [-0.3, -0.25) is 4.79 Å². The second-order valence-electron chi connectivity index (χ2n) is 5.55. The van der Waals surface area contributed by atoms with E-state index in [-0.39, 0.29) is 11.7 Å². The molecule has 2 aromatic heterocycles. The molecule has 3 aromatic rings. The Morgan fingerprint density at radius 1 is 1.30 bits per heavy atom. The van der Waals surface area contributed by atoms with E-state index in [0.717, 1.165) is 23.8 Å². The van der Waals surface area contributed by atoms with E-state index in [4.69, 9.17) is 4.74 Å². The summed E-state index contributed by atoms with van der Waals surface area (Å²) >= 11 is 1.44. The van der Waals surface area contributed by atoms with Gasteiger partial charge in [0.1, 0.15) is 0 Å². The zero-order valence-electron chi connectivity index (χ0n) is 12.7. The Morgan fingerprint density at radius 3 is 2.91 bits per heavy atom. The molecule has 4 rings (SSSR count). The van der Waals surface area contributed by atoms with Crippen molar-refractivity contribution in [3.8, 4) is 11.3 Å². The molecular formula is C16H16N4O2S. The summed E-state index contributed by atoms with van der Waals surface area (Å²) in [5, 5.41) is 5.25. The van der Waals surface area contributed by atoms with Gasteiger partial charge in [-0.25, -0.2) is 4.98 Å². The standard InChI is InChI=1S/C16H16N4O2S/c1-11-10-19(7-8-22-11)16-18-20-14(21)9-13(17-15(20)23-16)12-5-3-2-4-6-12/h2-6,9,11H,7-8,10H2,1H3/t11-/m0/s1. The second-order valence-corrected chi connectivity index (χ2v) is 6.49. The summed E-state index contributed by atoms with van der Waals surface area (Å²) in [6.07, 6.45) is 0.167. The molecule has 1 aliphatic rings. The van der Waals surface area contributed by atoms with Crippen molar-refractivity contribution < 1.29 is 4.74 Å².